The highest BCUT2D eigenvalue weighted by atomic mass is 35.5. The number of aromatic nitrogens is 3. The van der Waals surface area contributed by atoms with Gasteiger partial charge in [0.25, 0.3) is 5.56 Å². The molecule has 0 bridgehead atoms. The summed E-state index contributed by atoms with van der Waals surface area (Å²) in [5.41, 5.74) is 1.75. The van der Waals surface area contributed by atoms with E-state index in [0.29, 0.717) is 31.2 Å². The van der Waals surface area contributed by atoms with Crippen molar-refractivity contribution in [1.82, 2.24) is 14.5 Å². The predicted octanol–water partition coefficient (Wildman–Crippen LogP) is 5.73. The van der Waals surface area contributed by atoms with E-state index in [1.165, 1.54) is 22.0 Å². The van der Waals surface area contributed by atoms with E-state index in [1.54, 1.807) is 54.0 Å². The summed E-state index contributed by atoms with van der Waals surface area (Å²) >= 11 is 10.0. The van der Waals surface area contributed by atoms with Crippen molar-refractivity contribution in [2.45, 2.75) is 49.9 Å². The molecule has 3 heterocycles. The molecule has 1 aliphatic carbocycles. The van der Waals surface area contributed by atoms with Crippen molar-refractivity contribution >= 4 is 73.3 Å². The normalized spacial score (nSPS) is 13.8. The van der Waals surface area contributed by atoms with Crippen LogP contribution in [0.2, 0.25) is 5.02 Å². The molecule has 0 radical (unpaired) electrons. The van der Waals surface area contributed by atoms with Gasteiger partial charge in [-0.1, -0.05) is 23.4 Å². The first-order valence-electron chi connectivity index (χ1n) is 11.8. The van der Waals surface area contributed by atoms with Crippen molar-refractivity contribution in [3.8, 4) is 5.69 Å². The zero-order valence-electron chi connectivity index (χ0n) is 20.1. The van der Waals surface area contributed by atoms with Crippen molar-refractivity contribution in [2.24, 2.45) is 0 Å². The molecule has 1 unspecified atom stereocenters. The summed E-state index contributed by atoms with van der Waals surface area (Å²) in [5.74, 6) is -0.859. The third-order valence-corrected chi connectivity index (χ3v) is 9.16. The first-order valence-corrected chi connectivity index (χ1v) is 14.7. The second-order valence-electron chi connectivity index (χ2n) is 8.41. The van der Waals surface area contributed by atoms with Crippen LogP contribution in [0.3, 0.4) is 0 Å². The topological polar surface area (TPSA) is 103 Å². The van der Waals surface area contributed by atoms with Crippen LogP contribution in [0.1, 0.15) is 47.6 Å². The number of hydrogen-bond donors (Lipinski definition) is 1. The van der Waals surface area contributed by atoms with Crippen LogP contribution >= 0.6 is 46.0 Å². The zero-order chi connectivity index (χ0) is 26.1. The van der Waals surface area contributed by atoms with Gasteiger partial charge in [-0.3, -0.25) is 14.2 Å². The van der Waals surface area contributed by atoms with E-state index in [-0.39, 0.29) is 23.8 Å². The quantitative estimate of drug-likeness (QED) is 0.171. The van der Waals surface area contributed by atoms with E-state index in [4.69, 9.17) is 21.3 Å². The van der Waals surface area contributed by atoms with Gasteiger partial charge >= 0.3 is 5.97 Å². The number of amides is 1. The van der Waals surface area contributed by atoms with Gasteiger partial charge < -0.3 is 10.1 Å². The number of anilines is 1. The lowest BCUT2D eigenvalue weighted by Gasteiger charge is -2.16. The molecule has 5 rings (SSSR count). The number of carbonyl (C=O) groups excluding carboxylic acids is 2. The fourth-order valence-electron chi connectivity index (χ4n) is 4.13. The molecule has 1 aromatic carbocycles. The molecule has 1 amide bonds. The number of aryl methyl sites for hydroxylation is 2. The van der Waals surface area contributed by atoms with E-state index in [1.807, 2.05) is 0 Å². The molecule has 0 fully saturated rings. The molecule has 0 saturated carbocycles. The molecule has 3 aromatic heterocycles. The maximum absolute atomic E-state index is 13.9. The number of carbonyl (C=O) groups is 2. The average Bonchev–Trinajstić information content (AvgIpc) is 3.50. The third kappa shape index (κ3) is 5.31. The number of thiophene rings is 1. The van der Waals surface area contributed by atoms with E-state index in [2.05, 4.69) is 10.3 Å². The third-order valence-electron chi connectivity index (χ3n) is 5.91. The van der Waals surface area contributed by atoms with E-state index < -0.39 is 11.2 Å². The summed E-state index contributed by atoms with van der Waals surface area (Å²) in [6.07, 6.45) is 4.00. The van der Waals surface area contributed by atoms with Crippen molar-refractivity contribution in [1.29, 1.82) is 0 Å². The molecular weight excluding hydrogens is 552 g/mol. The second-order valence-corrected chi connectivity index (χ2v) is 12.1. The number of halogens is 1. The molecule has 192 valence electrons. The van der Waals surface area contributed by atoms with Crippen LogP contribution in [-0.4, -0.2) is 38.3 Å². The molecular formula is C25H23ClN4O4S3. The molecule has 4 aromatic rings. The molecule has 0 spiro atoms. The molecule has 1 aliphatic rings. The Labute approximate surface area is 230 Å². The maximum Gasteiger partial charge on any atom is 0.357 e. The van der Waals surface area contributed by atoms with Crippen molar-refractivity contribution < 1.29 is 14.3 Å². The number of benzene rings is 1. The molecule has 12 heteroatoms. The molecule has 1 atom stereocenters. The lowest BCUT2D eigenvalue weighted by atomic mass is 9.97. The predicted molar refractivity (Wildman–Crippen MR) is 149 cm³/mol. The number of nitrogens with zero attached hydrogens (tertiary/aromatic N) is 3. The standard InChI is InChI=1S/C25H23ClN4O4S3/c1-3-34-23(33)17-12-35-24(27-17)28-20(31)13(2)36-25-29-21-19(16-6-4-5-7-18(16)37-21)22(32)30(25)15-10-8-14(26)9-11-15/h8-13H,3-7H2,1-2H3,(H,27,28,31). The Morgan fingerprint density at radius 2 is 1.97 bits per heavy atom. The number of thioether (sulfide) groups is 1. The number of rotatable bonds is 7. The maximum atomic E-state index is 13.9. The van der Waals surface area contributed by atoms with Gasteiger partial charge in [0.05, 0.1) is 22.9 Å². The summed E-state index contributed by atoms with van der Waals surface area (Å²) in [6, 6.07) is 7.00. The minimum absolute atomic E-state index is 0.138. The SMILES string of the molecule is CCOC(=O)c1csc(NC(=O)C(C)Sc2nc3sc4c(c3c(=O)n2-c2ccc(Cl)cc2)CCCC4)n1. The van der Waals surface area contributed by atoms with Crippen LogP contribution in [0.5, 0.6) is 0 Å². The van der Waals surface area contributed by atoms with Gasteiger partial charge in [0.15, 0.2) is 16.0 Å². The molecule has 0 aliphatic heterocycles. The summed E-state index contributed by atoms with van der Waals surface area (Å²) in [6.45, 7) is 3.69. The number of hydrogen-bond acceptors (Lipinski definition) is 9. The summed E-state index contributed by atoms with van der Waals surface area (Å²) in [7, 11) is 0. The summed E-state index contributed by atoms with van der Waals surface area (Å²) in [4.78, 5) is 49.7. The number of thiazole rings is 1. The van der Waals surface area contributed by atoms with Gasteiger partial charge in [0.1, 0.15) is 4.83 Å². The number of esters is 1. The van der Waals surface area contributed by atoms with E-state index in [9.17, 15) is 14.4 Å². The fourth-order valence-corrected chi connectivity index (χ4v) is 7.17. The van der Waals surface area contributed by atoms with Crippen LogP contribution in [0, 0.1) is 0 Å². The molecule has 37 heavy (non-hydrogen) atoms. The lowest BCUT2D eigenvalue weighted by Crippen LogP contribution is -2.26. The monoisotopic (exact) mass is 574 g/mol. The Kier molecular flexibility index (Phi) is 7.66. The van der Waals surface area contributed by atoms with Crippen LogP contribution in [0.4, 0.5) is 5.13 Å². The van der Waals surface area contributed by atoms with Crippen LogP contribution in [-0.2, 0) is 22.4 Å². The van der Waals surface area contributed by atoms with Gasteiger partial charge in [0, 0.05) is 15.3 Å². The molecule has 8 nitrogen and oxygen atoms in total. The van der Waals surface area contributed by atoms with Gasteiger partial charge in [-0.05, 0) is 69.4 Å². The minimum atomic E-state index is -0.604. The summed E-state index contributed by atoms with van der Waals surface area (Å²) in [5, 5.41) is 5.64. The number of ether oxygens (including phenoxy) is 1. The van der Waals surface area contributed by atoms with Crippen molar-refractivity contribution in [3.05, 3.63) is 61.2 Å². The minimum Gasteiger partial charge on any atom is -0.461 e. The first kappa shape index (κ1) is 25.9. The van der Waals surface area contributed by atoms with Crippen LogP contribution in [0.15, 0.2) is 39.6 Å². The van der Waals surface area contributed by atoms with E-state index in [0.717, 1.165) is 42.6 Å². The van der Waals surface area contributed by atoms with Crippen LogP contribution in [0.25, 0.3) is 15.9 Å². The Morgan fingerprint density at radius 1 is 1.22 bits per heavy atom. The van der Waals surface area contributed by atoms with Gasteiger partial charge in [-0.2, -0.15) is 0 Å². The van der Waals surface area contributed by atoms with Gasteiger partial charge in [-0.15, -0.1) is 22.7 Å². The molecule has 0 saturated heterocycles. The Morgan fingerprint density at radius 3 is 2.73 bits per heavy atom. The van der Waals surface area contributed by atoms with Crippen molar-refractivity contribution in [2.75, 3.05) is 11.9 Å². The highest BCUT2D eigenvalue weighted by Gasteiger charge is 2.25. The van der Waals surface area contributed by atoms with Gasteiger partial charge in [-0.25, -0.2) is 14.8 Å². The Bertz CT molecular complexity index is 1540. The Hall–Kier alpha value is -2.73. The van der Waals surface area contributed by atoms with E-state index >= 15 is 0 Å². The Balaban J connectivity index is 1.47. The highest BCUT2D eigenvalue weighted by molar-refractivity contribution is 8.00. The lowest BCUT2D eigenvalue weighted by molar-refractivity contribution is -0.115. The highest BCUT2D eigenvalue weighted by Crippen LogP contribution is 2.36. The zero-order valence-corrected chi connectivity index (χ0v) is 23.3. The fraction of sp³-hybridized carbons (Fsp3) is 0.320. The first-order chi connectivity index (χ1) is 17.9. The average molecular weight is 575 g/mol. The molecule has 1 N–H and O–H groups in total. The van der Waals surface area contributed by atoms with Crippen molar-refractivity contribution in [3.63, 3.8) is 0 Å². The largest absolute Gasteiger partial charge is 0.461 e. The second kappa shape index (κ2) is 10.9. The van der Waals surface area contributed by atoms with Gasteiger partial charge in [0.2, 0.25) is 5.91 Å². The summed E-state index contributed by atoms with van der Waals surface area (Å²) < 4.78 is 6.52. The smallest absolute Gasteiger partial charge is 0.357 e. The van der Waals surface area contributed by atoms with Crippen LogP contribution < -0.4 is 10.9 Å². The number of fused-ring (bicyclic) bond motifs is 3. The number of nitrogens with one attached hydrogen (secondary N) is 1.